The predicted octanol–water partition coefficient (Wildman–Crippen LogP) is 3.30. The molecule has 110 valence electrons. The van der Waals surface area contributed by atoms with Gasteiger partial charge in [0.15, 0.2) is 0 Å². The second-order valence-corrected chi connectivity index (χ2v) is 6.35. The SMILES string of the molecule is Cc1nn(C)c2c1[C@H](c1cccc(Cl)c1F)SCC(=O)N2. The largest absolute Gasteiger partial charge is 0.310 e. The first kappa shape index (κ1) is 14.4. The Bertz CT molecular complexity index is 731. The van der Waals surface area contributed by atoms with Crippen molar-refractivity contribution in [1.82, 2.24) is 9.78 Å². The molecule has 0 spiro atoms. The zero-order valence-corrected chi connectivity index (χ0v) is 13.1. The highest BCUT2D eigenvalue weighted by Gasteiger charge is 2.31. The number of nitrogens with zero attached hydrogens (tertiary/aromatic N) is 2. The minimum absolute atomic E-state index is 0.0831. The lowest BCUT2D eigenvalue weighted by Crippen LogP contribution is -2.15. The van der Waals surface area contributed by atoms with Gasteiger partial charge < -0.3 is 5.32 Å². The number of aryl methyl sites for hydroxylation is 2. The van der Waals surface area contributed by atoms with Crippen molar-refractivity contribution in [2.45, 2.75) is 12.2 Å². The first-order chi connectivity index (χ1) is 9.99. The van der Waals surface area contributed by atoms with Gasteiger partial charge >= 0.3 is 0 Å². The average Bonchev–Trinajstić information content (AvgIpc) is 2.61. The summed E-state index contributed by atoms with van der Waals surface area (Å²) < 4.78 is 16.0. The van der Waals surface area contributed by atoms with E-state index in [1.165, 1.54) is 17.8 Å². The fourth-order valence-corrected chi connectivity index (χ4v) is 3.90. The number of anilines is 1. The Morgan fingerprint density at radius 2 is 2.29 bits per heavy atom. The standard InChI is InChI=1S/C14H13ClFN3OS/c1-7-11-13(8-4-3-5-9(15)12(8)16)21-6-10(20)17-14(11)19(2)18-7/h3-5,13H,6H2,1-2H3,(H,17,20)/t13-/m0/s1. The maximum atomic E-state index is 14.4. The Labute approximate surface area is 130 Å². The summed E-state index contributed by atoms with van der Waals surface area (Å²) in [5.41, 5.74) is 2.07. The Hall–Kier alpha value is -1.53. The van der Waals surface area contributed by atoms with Gasteiger partial charge in [-0.2, -0.15) is 5.10 Å². The zero-order valence-electron chi connectivity index (χ0n) is 11.5. The zero-order chi connectivity index (χ0) is 15.1. The minimum Gasteiger partial charge on any atom is -0.310 e. The second kappa shape index (κ2) is 5.35. The number of amides is 1. The van der Waals surface area contributed by atoms with Crippen LogP contribution in [0.15, 0.2) is 18.2 Å². The minimum atomic E-state index is -0.444. The normalized spacial score (nSPS) is 18.1. The van der Waals surface area contributed by atoms with E-state index in [1.54, 1.807) is 23.9 Å². The number of hydrogen-bond acceptors (Lipinski definition) is 3. The highest BCUT2D eigenvalue weighted by molar-refractivity contribution is 8.00. The molecule has 0 bridgehead atoms. The molecule has 1 atom stereocenters. The number of carbonyl (C=O) groups excluding carboxylic acids is 1. The summed E-state index contributed by atoms with van der Waals surface area (Å²) in [6.45, 7) is 1.85. The number of carbonyl (C=O) groups is 1. The van der Waals surface area contributed by atoms with E-state index in [0.29, 0.717) is 11.4 Å². The van der Waals surface area contributed by atoms with Crippen LogP contribution in [0.5, 0.6) is 0 Å². The second-order valence-electron chi connectivity index (χ2n) is 4.85. The van der Waals surface area contributed by atoms with Crippen LogP contribution in [0.3, 0.4) is 0 Å². The van der Waals surface area contributed by atoms with Crippen molar-refractivity contribution in [1.29, 1.82) is 0 Å². The third kappa shape index (κ3) is 2.42. The van der Waals surface area contributed by atoms with E-state index in [4.69, 9.17) is 11.6 Å². The lowest BCUT2D eigenvalue weighted by Gasteiger charge is -2.16. The highest BCUT2D eigenvalue weighted by atomic mass is 35.5. The molecule has 3 rings (SSSR count). The van der Waals surface area contributed by atoms with E-state index in [1.807, 2.05) is 6.92 Å². The van der Waals surface area contributed by atoms with Gasteiger partial charge in [0, 0.05) is 18.2 Å². The maximum Gasteiger partial charge on any atom is 0.235 e. The lowest BCUT2D eigenvalue weighted by atomic mass is 10.0. The molecule has 1 amide bonds. The van der Waals surface area contributed by atoms with E-state index >= 15 is 0 Å². The molecule has 0 aliphatic carbocycles. The van der Waals surface area contributed by atoms with Crippen LogP contribution < -0.4 is 5.32 Å². The monoisotopic (exact) mass is 325 g/mol. The van der Waals surface area contributed by atoms with Crippen molar-refractivity contribution in [2.75, 3.05) is 11.1 Å². The van der Waals surface area contributed by atoms with Crippen molar-refractivity contribution in [3.63, 3.8) is 0 Å². The smallest absolute Gasteiger partial charge is 0.235 e. The predicted molar refractivity (Wildman–Crippen MR) is 82.3 cm³/mol. The Kier molecular flexibility index (Phi) is 3.67. The molecule has 0 radical (unpaired) electrons. The molecule has 1 aliphatic rings. The molecule has 7 heteroatoms. The summed E-state index contributed by atoms with van der Waals surface area (Å²) in [6.07, 6.45) is 0. The number of halogens is 2. The molecule has 21 heavy (non-hydrogen) atoms. The fourth-order valence-electron chi connectivity index (χ4n) is 2.52. The molecule has 0 saturated heterocycles. The summed E-state index contributed by atoms with van der Waals surface area (Å²) in [7, 11) is 1.76. The summed E-state index contributed by atoms with van der Waals surface area (Å²) in [5.74, 6) is 0.311. The van der Waals surface area contributed by atoms with E-state index < -0.39 is 5.82 Å². The quantitative estimate of drug-likeness (QED) is 0.875. The number of aromatic nitrogens is 2. The van der Waals surface area contributed by atoms with Gasteiger partial charge in [-0.25, -0.2) is 4.39 Å². The van der Waals surface area contributed by atoms with E-state index in [2.05, 4.69) is 10.4 Å². The number of hydrogen-bond donors (Lipinski definition) is 1. The molecule has 0 unspecified atom stereocenters. The Morgan fingerprint density at radius 1 is 1.52 bits per heavy atom. The first-order valence-electron chi connectivity index (χ1n) is 6.38. The number of rotatable bonds is 1. The van der Waals surface area contributed by atoms with Crippen molar-refractivity contribution in [2.24, 2.45) is 7.05 Å². The molecule has 2 aromatic rings. The number of nitrogens with one attached hydrogen (secondary N) is 1. The van der Waals surface area contributed by atoms with Gasteiger partial charge in [-0.1, -0.05) is 23.7 Å². The molecule has 2 heterocycles. The van der Waals surface area contributed by atoms with Crippen LogP contribution in [0.4, 0.5) is 10.2 Å². The molecule has 1 aliphatic heterocycles. The maximum absolute atomic E-state index is 14.4. The van der Waals surface area contributed by atoms with Crippen molar-refractivity contribution < 1.29 is 9.18 Å². The van der Waals surface area contributed by atoms with Crippen LogP contribution >= 0.6 is 23.4 Å². The molecular formula is C14H13ClFN3OS. The van der Waals surface area contributed by atoms with Gasteiger partial charge in [0.1, 0.15) is 11.6 Å². The van der Waals surface area contributed by atoms with Crippen LogP contribution in [-0.4, -0.2) is 21.4 Å². The summed E-state index contributed by atoms with van der Waals surface area (Å²) in [4.78, 5) is 11.8. The van der Waals surface area contributed by atoms with Gasteiger partial charge in [-0.3, -0.25) is 9.48 Å². The van der Waals surface area contributed by atoms with E-state index in [9.17, 15) is 9.18 Å². The average molecular weight is 326 g/mol. The summed E-state index contributed by atoms with van der Waals surface area (Å²) in [5, 5.41) is 6.93. The number of benzene rings is 1. The topological polar surface area (TPSA) is 46.9 Å². The third-order valence-electron chi connectivity index (χ3n) is 3.43. The lowest BCUT2D eigenvalue weighted by molar-refractivity contribution is -0.113. The molecule has 0 saturated carbocycles. The van der Waals surface area contributed by atoms with Gasteiger partial charge in [0.25, 0.3) is 0 Å². The highest BCUT2D eigenvalue weighted by Crippen LogP contribution is 2.44. The first-order valence-corrected chi connectivity index (χ1v) is 7.80. The van der Waals surface area contributed by atoms with Crippen molar-refractivity contribution >= 4 is 35.1 Å². The van der Waals surface area contributed by atoms with Crippen LogP contribution in [0.25, 0.3) is 0 Å². The van der Waals surface area contributed by atoms with Gasteiger partial charge in [0.2, 0.25) is 5.91 Å². The Balaban J connectivity index is 2.20. The van der Waals surface area contributed by atoms with Crippen LogP contribution in [0.2, 0.25) is 5.02 Å². The van der Waals surface area contributed by atoms with Gasteiger partial charge in [0.05, 0.1) is 21.7 Å². The molecule has 1 aromatic heterocycles. The summed E-state index contributed by atoms with van der Waals surface area (Å²) in [6, 6.07) is 4.93. The molecule has 0 fully saturated rings. The van der Waals surface area contributed by atoms with Crippen LogP contribution in [0, 0.1) is 12.7 Å². The fraction of sp³-hybridized carbons (Fsp3) is 0.286. The molecular weight excluding hydrogens is 313 g/mol. The van der Waals surface area contributed by atoms with Crippen molar-refractivity contribution in [3.8, 4) is 0 Å². The van der Waals surface area contributed by atoms with E-state index in [-0.39, 0.29) is 21.9 Å². The Morgan fingerprint density at radius 3 is 3.05 bits per heavy atom. The summed E-state index contributed by atoms with van der Waals surface area (Å²) >= 11 is 7.26. The third-order valence-corrected chi connectivity index (χ3v) is 4.98. The molecule has 1 aromatic carbocycles. The van der Waals surface area contributed by atoms with Gasteiger partial charge in [-0.15, -0.1) is 11.8 Å². The number of fused-ring (bicyclic) bond motifs is 1. The van der Waals surface area contributed by atoms with Crippen LogP contribution in [-0.2, 0) is 11.8 Å². The van der Waals surface area contributed by atoms with Gasteiger partial charge in [-0.05, 0) is 13.0 Å². The van der Waals surface area contributed by atoms with Crippen molar-refractivity contribution in [3.05, 3.63) is 45.9 Å². The van der Waals surface area contributed by atoms with E-state index in [0.717, 1.165) is 11.3 Å². The number of thioether (sulfide) groups is 1. The molecule has 1 N–H and O–H groups in total. The van der Waals surface area contributed by atoms with Crippen LogP contribution in [0.1, 0.15) is 22.1 Å². The molecule has 4 nitrogen and oxygen atoms in total.